The van der Waals surface area contributed by atoms with Gasteiger partial charge in [0.2, 0.25) is 0 Å². The van der Waals surface area contributed by atoms with Gasteiger partial charge in [-0.15, -0.1) is 11.5 Å². The second-order valence-electron chi connectivity index (χ2n) is 8.66. The van der Waals surface area contributed by atoms with Crippen molar-refractivity contribution >= 4 is 34.6 Å². The van der Waals surface area contributed by atoms with Crippen molar-refractivity contribution in [2.75, 3.05) is 65.4 Å². The van der Waals surface area contributed by atoms with Gasteiger partial charge in [0.25, 0.3) is 0 Å². The molecule has 4 N–H and O–H groups in total. The van der Waals surface area contributed by atoms with E-state index in [1.54, 1.807) is 61.0 Å². The molecule has 0 saturated carbocycles. The van der Waals surface area contributed by atoms with Crippen LogP contribution in [0.2, 0.25) is 0 Å². The van der Waals surface area contributed by atoms with Crippen molar-refractivity contribution < 1.29 is 91.1 Å². The van der Waals surface area contributed by atoms with E-state index in [0.29, 0.717) is 73.6 Å². The van der Waals surface area contributed by atoms with Gasteiger partial charge in [0, 0.05) is 79.0 Å². The summed E-state index contributed by atoms with van der Waals surface area (Å²) in [6.07, 6.45) is 6.24. The van der Waals surface area contributed by atoms with Gasteiger partial charge >= 0.3 is 0 Å². The smallest absolute Gasteiger partial charge is 0.163 e. The number of nitrogens with zero attached hydrogens (tertiary/aromatic N) is 2. The monoisotopic (exact) mass is 888 g/mol. The Labute approximate surface area is 294 Å². The molecule has 0 spiro atoms. The minimum Gasteiger partial charge on any atom is -2.00 e. The van der Waals surface area contributed by atoms with Crippen LogP contribution in [0.15, 0.2) is 70.6 Å². The van der Waals surface area contributed by atoms with E-state index in [1.165, 1.54) is 24.6 Å². The molecule has 4 rings (SSSR count). The van der Waals surface area contributed by atoms with Gasteiger partial charge in [0.1, 0.15) is 13.2 Å². The molecule has 16 heteroatoms. The number of fused-ring (bicyclic) bond motifs is 1. The average molecular weight is 889 g/mol. The standard InChI is InChI=1S/C28H30N2O7.C2H6OS.2H2O.2O.U/c31-25-7-3-1-5-21(25)19-29-23-17-27-28(18-24(23)30-20-22-6-2-4-8-26(22)32)37-16-14-35-12-10-33-9-11-34-13-15-36-27;1-4(2)3;;;;;/h1-8,17-20,31-32H,9-16H2;1-2H3;2*1H2;;;/q;;;;2*-2;/p-2. The zero-order valence-electron chi connectivity index (χ0n) is 25.5. The minimum absolute atomic E-state index is 0. The number of ether oxygens (including phenoxy) is 5. The topological polar surface area (TPSA) is 254 Å². The van der Waals surface area contributed by atoms with E-state index in [9.17, 15) is 14.4 Å². The van der Waals surface area contributed by atoms with E-state index >= 15 is 0 Å². The third kappa shape index (κ3) is 17.7. The van der Waals surface area contributed by atoms with Crippen LogP contribution < -0.4 is 19.7 Å². The van der Waals surface area contributed by atoms with Crippen LogP contribution >= 0.6 is 0 Å². The van der Waals surface area contributed by atoms with Crippen molar-refractivity contribution in [2.45, 2.75) is 0 Å². The van der Waals surface area contributed by atoms with Crippen molar-refractivity contribution in [3.05, 3.63) is 71.8 Å². The van der Waals surface area contributed by atoms with Crippen LogP contribution in [0.4, 0.5) is 11.4 Å². The fourth-order valence-corrected chi connectivity index (χ4v) is 3.39. The molecule has 0 aromatic heterocycles. The zero-order valence-corrected chi connectivity index (χ0v) is 30.5. The van der Waals surface area contributed by atoms with E-state index in [0.717, 1.165) is 0 Å². The Morgan fingerprint density at radius 2 is 0.935 bits per heavy atom. The maximum absolute atomic E-state index is 12.2. The zero-order chi connectivity index (χ0) is 29.3. The van der Waals surface area contributed by atoms with Gasteiger partial charge in [-0.3, -0.25) is 14.2 Å². The van der Waals surface area contributed by atoms with Gasteiger partial charge in [-0.25, -0.2) is 0 Å². The van der Waals surface area contributed by atoms with Crippen LogP contribution in [-0.2, 0) is 36.0 Å². The maximum Gasteiger partial charge on any atom is 0.163 e. The fourth-order valence-electron chi connectivity index (χ4n) is 3.39. The normalized spacial score (nSPS) is 13.5. The van der Waals surface area contributed by atoms with E-state index < -0.39 is 10.8 Å². The predicted octanol–water partition coefficient (Wildman–Crippen LogP) is 1.26. The molecule has 1 aliphatic heterocycles. The summed E-state index contributed by atoms with van der Waals surface area (Å²) in [6, 6.07) is 16.6. The molecular weight excluding hydrogens is 850 g/mol. The molecule has 0 radical (unpaired) electrons. The Hall–Kier alpha value is -2.88. The van der Waals surface area contributed by atoms with Crippen molar-refractivity contribution in [3.63, 3.8) is 0 Å². The summed E-state index contributed by atoms with van der Waals surface area (Å²) in [5.41, 5.74) is 1.74. The number of hydrogen-bond donors (Lipinski definition) is 0. The number of rotatable bonds is 4. The Bertz CT molecular complexity index is 1230. The number of aliphatic imine (C=N–C) groups is 2. The quantitative estimate of drug-likeness (QED) is 0.344. The summed E-state index contributed by atoms with van der Waals surface area (Å²) >= 11 is 0. The largest absolute Gasteiger partial charge is 2.00 e. The first kappa shape index (κ1) is 47.5. The number of para-hydroxylation sites is 2. The van der Waals surface area contributed by atoms with Gasteiger partial charge in [-0.1, -0.05) is 48.5 Å². The molecule has 3 aromatic rings. The summed E-state index contributed by atoms with van der Waals surface area (Å²) in [6.45, 7) is 3.15. The third-order valence-corrected chi connectivity index (χ3v) is 5.28. The first-order valence-electron chi connectivity index (χ1n) is 13.0. The van der Waals surface area contributed by atoms with Gasteiger partial charge in [0.15, 0.2) is 11.5 Å². The van der Waals surface area contributed by atoms with Gasteiger partial charge in [0.05, 0.1) is 51.0 Å². The first-order valence-corrected chi connectivity index (χ1v) is 14.9. The molecule has 0 fully saturated rings. The van der Waals surface area contributed by atoms with Gasteiger partial charge < -0.3 is 55.8 Å². The second kappa shape index (κ2) is 27.3. The molecule has 14 nitrogen and oxygen atoms in total. The molecule has 256 valence electrons. The molecular formula is C30H38N2O12SU-6. The van der Waals surface area contributed by atoms with Crippen LogP contribution in [0.5, 0.6) is 23.0 Å². The Morgan fingerprint density at radius 1 is 0.630 bits per heavy atom. The molecule has 46 heavy (non-hydrogen) atoms. The van der Waals surface area contributed by atoms with Crippen LogP contribution in [0.1, 0.15) is 11.1 Å². The fraction of sp³-hybridized carbons (Fsp3) is 0.333. The number of benzene rings is 3. The molecule has 3 aromatic carbocycles. The Balaban J connectivity index is -0.00000194. The predicted molar refractivity (Wildman–Crippen MR) is 165 cm³/mol. The van der Waals surface area contributed by atoms with Gasteiger partial charge in [-0.2, -0.15) is 0 Å². The third-order valence-electron chi connectivity index (χ3n) is 5.28. The van der Waals surface area contributed by atoms with E-state index in [1.807, 2.05) is 0 Å². The Kier molecular flexibility index (Phi) is 28.2. The number of hydrogen-bond acceptors (Lipinski definition) is 10. The maximum atomic E-state index is 12.2. The summed E-state index contributed by atoms with van der Waals surface area (Å²) in [7, 11) is -0.611. The molecule has 0 unspecified atom stereocenters. The van der Waals surface area contributed by atoms with Crippen molar-refractivity contribution in [3.8, 4) is 23.0 Å². The second-order valence-corrected chi connectivity index (χ2v) is 10.1. The van der Waals surface area contributed by atoms with E-state index in [2.05, 4.69) is 9.98 Å². The molecule has 0 aliphatic carbocycles. The summed E-state index contributed by atoms with van der Waals surface area (Å²) < 4.78 is 38.0. The average Bonchev–Trinajstić information content (AvgIpc) is 2.96. The summed E-state index contributed by atoms with van der Waals surface area (Å²) in [5.74, 6) is 0.596. The minimum atomic E-state index is -0.611. The van der Waals surface area contributed by atoms with Gasteiger partial charge in [-0.05, 0) is 11.1 Å². The summed E-state index contributed by atoms with van der Waals surface area (Å²) in [4.78, 5) is 9.05. The van der Waals surface area contributed by atoms with Crippen LogP contribution in [0.25, 0.3) is 0 Å². The van der Waals surface area contributed by atoms with Crippen molar-refractivity contribution in [2.24, 2.45) is 9.98 Å². The van der Waals surface area contributed by atoms with Crippen molar-refractivity contribution in [1.82, 2.24) is 0 Å². The first-order chi connectivity index (χ1) is 19.9. The van der Waals surface area contributed by atoms with Crippen LogP contribution in [0, 0.1) is 31.1 Å². The van der Waals surface area contributed by atoms with Crippen LogP contribution in [-0.4, -0.2) is 93.0 Å². The molecule has 0 amide bonds. The molecule has 0 bridgehead atoms. The molecule has 1 aliphatic rings. The Morgan fingerprint density at radius 3 is 1.26 bits per heavy atom. The summed E-state index contributed by atoms with van der Waals surface area (Å²) in [5, 5.41) is 24.3. The molecule has 0 saturated heterocycles. The molecule has 0 atom stereocenters. The van der Waals surface area contributed by atoms with Crippen molar-refractivity contribution in [1.29, 1.82) is 0 Å². The van der Waals surface area contributed by atoms with Crippen LogP contribution in [0.3, 0.4) is 0 Å². The molecule has 1 heterocycles. The SMILES string of the molecule is CS(C)=O.O.O.[O-2].[O-2].[O-]c1ccccc1C=Nc1cc2c(cc1N=Cc1ccccc1[O-])OCCOCCOCCOCCO2.[U]. The van der Waals surface area contributed by atoms with E-state index in [-0.39, 0.29) is 77.7 Å². The van der Waals surface area contributed by atoms with E-state index in [4.69, 9.17) is 23.7 Å².